The molecule has 4 rings (SSSR count). The van der Waals surface area contributed by atoms with Crippen LogP contribution in [0.3, 0.4) is 0 Å². The molecule has 2 aliphatic rings. The van der Waals surface area contributed by atoms with E-state index in [0.717, 1.165) is 29.7 Å². The highest BCUT2D eigenvalue weighted by molar-refractivity contribution is 8.00. The first-order chi connectivity index (χ1) is 11.2. The van der Waals surface area contributed by atoms with E-state index in [1.165, 1.54) is 31.4 Å². The van der Waals surface area contributed by atoms with Gasteiger partial charge in [0.05, 0.1) is 17.4 Å². The normalized spacial score (nSPS) is 25.4. The lowest BCUT2D eigenvalue weighted by atomic mass is 9.93. The molecule has 1 saturated carbocycles. The second-order valence-electron chi connectivity index (χ2n) is 6.64. The first kappa shape index (κ1) is 15.2. The molecule has 1 saturated heterocycles. The van der Waals surface area contributed by atoms with Crippen LogP contribution in [0.5, 0.6) is 0 Å². The molecule has 0 N–H and O–H groups in total. The van der Waals surface area contributed by atoms with E-state index in [1.54, 1.807) is 4.57 Å². The second kappa shape index (κ2) is 6.29. The van der Waals surface area contributed by atoms with Crippen molar-refractivity contribution in [3.05, 3.63) is 40.4 Å². The average molecular weight is 329 g/mol. The Hall–Kier alpha value is -1.33. The van der Waals surface area contributed by atoms with Gasteiger partial charge < -0.3 is 0 Å². The Kier molecular flexibility index (Phi) is 4.16. The molecule has 2 atom stereocenters. The number of fused-ring (bicyclic) bond motifs is 2. The number of hydrogen-bond acceptors (Lipinski definition) is 4. The lowest BCUT2D eigenvalue weighted by Crippen LogP contribution is -2.49. The molecule has 2 aromatic rings. The third-order valence-electron chi connectivity index (χ3n) is 5.27. The Morgan fingerprint density at radius 3 is 3.00 bits per heavy atom. The van der Waals surface area contributed by atoms with Crippen LogP contribution in [0, 0.1) is 0 Å². The number of aromatic nitrogens is 2. The molecule has 0 unspecified atom stereocenters. The molecule has 2 heterocycles. The summed E-state index contributed by atoms with van der Waals surface area (Å²) in [5.41, 5.74) is 0.884. The van der Waals surface area contributed by atoms with Gasteiger partial charge in [0.2, 0.25) is 0 Å². The third kappa shape index (κ3) is 2.81. The molecule has 122 valence electrons. The van der Waals surface area contributed by atoms with E-state index in [9.17, 15) is 4.79 Å². The zero-order chi connectivity index (χ0) is 15.8. The van der Waals surface area contributed by atoms with Crippen molar-refractivity contribution < 1.29 is 0 Å². The van der Waals surface area contributed by atoms with Crippen molar-refractivity contribution in [1.82, 2.24) is 14.5 Å². The largest absolute Gasteiger partial charge is 0.298 e. The van der Waals surface area contributed by atoms with Gasteiger partial charge in [-0.25, -0.2) is 4.98 Å². The van der Waals surface area contributed by atoms with E-state index in [1.807, 2.05) is 31.3 Å². The molecule has 1 aromatic carbocycles. The van der Waals surface area contributed by atoms with Crippen LogP contribution in [-0.2, 0) is 13.6 Å². The molecule has 4 nitrogen and oxygen atoms in total. The maximum absolute atomic E-state index is 12.6. The monoisotopic (exact) mass is 329 g/mol. The van der Waals surface area contributed by atoms with E-state index in [-0.39, 0.29) is 5.56 Å². The maximum Gasteiger partial charge on any atom is 0.261 e. The van der Waals surface area contributed by atoms with Gasteiger partial charge in [-0.15, -0.1) is 0 Å². The summed E-state index contributed by atoms with van der Waals surface area (Å²) in [6.07, 6.45) is 5.34. The highest BCUT2D eigenvalue weighted by atomic mass is 32.2. The number of hydrogen-bond donors (Lipinski definition) is 0. The highest BCUT2D eigenvalue weighted by Crippen LogP contribution is 2.36. The van der Waals surface area contributed by atoms with Gasteiger partial charge in [-0.3, -0.25) is 14.3 Å². The molecular formula is C18H23N3OS. The van der Waals surface area contributed by atoms with Crippen LogP contribution in [0.15, 0.2) is 29.1 Å². The van der Waals surface area contributed by atoms with Crippen molar-refractivity contribution in [3.63, 3.8) is 0 Å². The molecule has 1 aromatic heterocycles. The average Bonchev–Trinajstić information content (AvgIpc) is 2.60. The lowest BCUT2D eigenvalue weighted by Gasteiger charge is -2.43. The summed E-state index contributed by atoms with van der Waals surface area (Å²) in [4.78, 5) is 19.9. The Labute approximate surface area is 140 Å². The predicted octanol–water partition coefficient (Wildman–Crippen LogP) is 2.79. The highest BCUT2D eigenvalue weighted by Gasteiger charge is 2.34. The summed E-state index contributed by atoms with van der Waals surface area (Å²) in [5, 5.41) is 1.48. The van der Waals surface area contributed by atoms with Crippen molar-refractivity contribution in [2.75, 3.05) is 12.3 Å². The minimum Gasteiger partial charge on any atom is -0.298 e. The van der Waals surface area contributed by atoms with Crippen LogP contribution in [-0.4, -0.2) is 38.0 Å². The van der Waals surface area contributed by atoms with E-state index in [2.05, 4.69) is 16.7 Å². The van der Waals surface area contributed by atoms with Crippen molar-refractivity contribution >= 4 is 22.7 Å². The number of thioether (sulfide) groups is 1. The topological polar surface area (TPSA) is 38.1 Å². The Bertz CT molecular complexity index is 770. The molecule has 5 heteroatoms. The summed E-state index contributed by atoms with van der Waals surface area (Å²) < 4.78 is 1.74. The first-order valence-corrected chi connectivity index (χ1v) is 9.59. The SMILES string of the molecule is Cn1c(CN2CCS[C@H]3CCCC[C@H]32)nc2ccccc2c1=O. The van der Waals surface area contributed by atoms with Gasteiger partial charge in [-0.1, -0.05) is 25.0 Å². The van der Waals surface area contributed by atoms with Crippen molar-refractivity contribution in [2.45, 2.75) is 43.5 Å². The standard InChI is InChI=1S/C18H23N3OS/c1-20-17(19-14-7-3-2-6-13(14)18(20)22)12-21-10-11-23-16-9-5-4-8-15(16)21/h2-3,6-7,15-16H,4-5,8-12H2,1H3/t15-,16+/m1/s1. The predicted molar refractivity (Wildman–Crippen MR) is 95.9 cm³/mol. The lowest BCUT2D eigenvalue weighted by molar-refractivity contribution is 0.150. The zero-order valence-electron chi connectivity index (χ0n) is 13.6. The van der Waals surface area contributed by atoms with Crippen LogP contribution in [0.4, 0.5) is 0 Å². The Morgan fingerprint density at radius 1 is 1.26 bits per heavy atom. The van der Waals surface area contributed by atoms with Gasteiger partial charge in [0, 0.05) is 30.6 Å². The molecule has 0 bridgehead atoms. The Morgan fingerprint density at radius 2 is 2.09 bits per heavy atom. The second-order valence-corrected chi connectivity index (χ2v) is 7.99. The molecule has 0 radical (unpaired) electrons. The fourth-order valence-electron chi connectivity index (χ4n) is 3.96. The first-order valence-electron chi connectivity index (χ1n) is 8.54. The summed E-state index contributed by atoms with van der Waals surface area (Å²) in [7, 11) is 1.86. The van der Waals surface area contributed by atoms with Crippen LogP contribution in [0.2, 0.25) is 0 Å². The fraction of sp³-hybridized carbons (Fsp3) is 0.556. The minimum atomic E-state index is 0.0668. The molecule has 1 aliphatic heterocycles. The number of nitrogens with zero attached hydrogens (tertiary/aromatic N) is 3. The van der Waals surface area contributed by atoms with Gasteiger partial charge in [0.25, 0.3) is 5.56 Å². The molecule has 0 amide bonds. The third-order valence-corrected chi connectivity index (χ3v) is 6.66. The van der Waals surface area contributed by atoms with Crippen molar-refractivity contribution in [1.29, 1.82) is 0 Å². The van der Waals surface area contributed by atoms with Crippen LogP contribution >= 0.6 is 11.8 Å². The van der Waals surface area contributed by atoms with Gasteiger partial charge in [-0.2, -0.15) is 11.8 Å². The summed E-state index contributed by atoms with van der Waals surface area (Å²) in [6.45, 7) is 1.90. The molecule has 0 spiro atoms. The summed E-state index contributed by atoms with van der Waals surface area (Å²) in [5.74, 6) is 2.09. The summed E-state index contributed by atoms with van der Waals surface area (Å²) in [6, 6.07) is 8.32. The Balaban J connectivity index is 1.67. The van der Waals surface area contributed by atoms with Gasteiger partial charge in [0.1, 0.15) is 5.82 Å². The minimum absolute atomic E-state index is 0.0668. The van der Waals surface area contributed by atoms with E-state index in [4.69, 9.17) is 4.98 Å². The van der Waals surface area contributed by atoms with Gasteiger partial charge in [0.15, 0.2) is 0 Å². The maximum atomic E-state index is 12.6. The van der Waals surface area contributed by atoms with Crippen LogP contribution in [0.1, 0.15) is 31.5 Å². The molecule has 23 heavy (non-hydrogen) atoms. The van der Waals surface area contributed by atoms with Crippen molar-refractivity contribution in [2.24, 2.45) is 7.05 Å². The molecular weight excluding hydrogens is 306 g/mol. The van der Waals surface area contributed by atoms with Gasteiger partial charge in [-0.05, 0) is 25.0 Å². The van der Waals surface area contributed by atoms with E-state index >= 15 is 0 Å². The quantitative estimate of drug-likeness (QED) is 0.849. The fourth-order valence-corrected chi connectivity index (χ4v) is 5.47. The van der Waals surface area contributed by atoms with Crippen LogP contribution < -0.4 is 5.56 Å². The number of benzene rings is 1. The molecule has 1 aliphatic carbocycles. The van der Waals surface area contributed by atoms with Crippen LogP contribution in [0.25, 0.3) is 10.9 Å². The van der Waals surface area contributed by atoms with E-state index in [0.29, 0.717) is 11.4 Å². The zero-order valence-corrected chi connectivity index (χ0v) is 14.4. The van der Waals surface area contributed by atoms with Gasteiger partial charge >= 0.3 is 0 Å². The smallest absolute Gasteiger partial charge is 0.261 e. The summed E-state index contributed by atoms with van der Waals surface area (Å²) >= 11 is 2.14. The van der Waals surface area contributed by atoms with E-state index < -0.39 is 0 Å². The number of para-hydroxylation sites is 1. The van der Waals surface area contributed by atoms with Crippen molar-refractivity contribution in [3.8, 4) is 0 Å². The number of rotatable bonds is 2. The molecule has 2 fully saturated rings.